The van der Waals surface area contributed by atoms with Crippen molar-refractivity contribution in [2.45, 2.75) is 25.0 Å². The first-order valence-corrected chi connectivity index (χ1v) is 5.62. The van der Waals surface area contributed by atoms with E-state index in [1.165, 1.54) is 24.3 Å². The van der Waals surface area contributed by atoms with Gasteiger partial charge in [-0.1, -0.05) is 18.2 Å². The first-order valence-electron chi connectivity index (χ1n) is 5.62. The summed E-state index contributed by atoms with van der Waals surface area (Å²) in [4.78, 5) is 12.0. The maximum Gasteiger partial charge on any atom is 0.287 e. The smallest absolute Gasteiger partial charge is 0.287 e. The number of carbonyl (C=O) groups excluding carboxylic acids is 1. The van der Waals surface area contributed by atoms with Gasteiger partial charge in [0.05, 0.1) is 0 Å². The Morgan fingerprint density at radius 1 is 1.25 bits per heavy atom. The Labute approximate surface area is 111 Å². The van der Waals surface area contributed by atoms with Crippen LogP contribution in [0.25, 0.3) is 0 Å². The summed E-state index contributed by atoms with van der Waals surface area (Å²) in [5.74, 6) is -1.07. The summed E-state index contributed by atoms with van der Waals surface area (Å²) in [6.07, 6.45) is -7.62. The summed E-state index contributed by atoms with van der Waals surface area (Å²) in [7, 11) is 0. The van der Waals surface area contributed by atoms with Gasteiger partial charge in [0.25, 0.3) is 18.8 Å². The van der Waals surface area contributed by atoms with Crippen molar-refractivity contribution in [1.29, 1.82) is 0 Å². The minimum absolute atomic E-state index is 0.0362. The minimum atomic E-state index is -3.42. The number of carbonyl (C=O) groups is 1. The zero-order valence-electron chi connectivity index (χ0n) is 10.0. The van der Waals surface area contributed by atoms with E-state index in [1.807, 2.05) is 0 Å². The molecule has 4 nitrogen and oxygen atoms in total. The third kappa shape index (κ3) is 2.38. The van der Waals surface area contributed by atoms with Gasteiger partial charge in [0.15, 0.2) is 0 Å². The SMILES string of the molecule is O=C(c1ccccc1)N1N=C(C(F)F)C[C@@]1(O)C(F)F. The van der Waals surface area contributed by atoms with Crippen molar-refractivity contribution >= 4 is 11.6 Å². The average molecular weight is 290 g/mol. The fourth-order valence-electron chi connectivity index (χ4n) is 1.81. The second-order valence-corrected chi connectivity index (χ2v) is 4.23. The van der Waals surface area contributed by atoms with E-state index in [1.54, 1.807) is 6.07 Å². The van der Waals surface area contributed by atoms with Crippen molar-refractivity contribution < 1.29 is 27.5 Å². The van der Waals surface area contributed by atoms with Gasteiger partial charge in [0.1, 0.15) is 5.71 Å². The number of rotatable bonds is 3. The second-order valence-electron chi connectivity index (χ2n) is 4.23. The summed E-state index contributed by atoms with van der Waals surface area (Å²) in [5.41, 5.74) is -4.03. The molecule has 20 heavy (non-hydrogen) atoms. The fraction of sp³-hybridized carbons (Fsp3) is 0.333. The van der Waals surface area contributed by atoms with E-state index < -0.39 is 36.6 Å². The van der Waals surface area contributed by atoms with Crippen LogP contribution in [0.1, 0.15) is 16.8 Å². The van der Waals surface area contributed by atoms with E-state index in [4.69, 9.17) is 0 Å². The van der Waals surface area contributed by atoms with Crippen LogP contribution in [0.15, 0.2) is 35.4 Å². The van der Waals surface area contributed by atoms with Crippen LogP contribution in [-0.2, 0) is 0 Å². The lowest BCUT2D eigenvalue weighted by Gasteiger charge is -2.29. The van der Waals surface area contributed by atoms with E-state index in [0.29, 0.717) is 0 Å². The molecular weight excluding hydrogens is 280 g/mol. The summed E-state index contributed by atoms with van der Waals surface area (Å²) < 4.78 is 51.0. The monoisotopic (exact) mass is 290 g/mol. The molecule has 108 valence electrons. The Morgan fingerprint density at radius 3 is 2.35 bits per heavy atom. The predicted molar refractivity (Wildman–Crippen MR) is 61.6 cm³/mol. The molecule has 1 aliphatic heterocycles. The normalized spacial score (nSPS) is 22.6. The van der Waals surface area contributed by atoms with Crippen molar-refractivity contribution in [2.75, 3.05) is 0 Å². The van der Waals surface area contributed by atoms with E-state index >= 15 is 0 Å². The Hall–Kier alpha value is -1.96. The van der Waals surface area contributed by atoms with Crippen LogP contribution < -0.4 is 0 Å². The van der Waals surface area contributed by atoms with Crippen LogP contribution in [0.3, 0.4) is 0 Å². The van der Waals surface area contributed by atoms with Gasteiger partial charge < -0.3 is 5.11 Å². The lowest BCUT2D eigenvalue weighted by atomic mass is 10.1. The lowest BCUT2D eigenvalue weighted by Crippen LogP contribution is -2.51. The quantitative estimate of drug-likeness (QED) is 0.867. The van der Waals surface area contributed by atoms with Gasteiger partial charge >= 0.3 is 0 Å². The van der Waals surface area contributed by atoms with Crippen molar-refractivity contribution in [1.82, 2.24) is 5.01 Å². The molecule has 0 fully saturated rings. The van der Waals surface area contributed by atoms with Gasteiger partial charge in [0, 0.05) is 12.0 Å². The lowest BCUT2D eigenvalue weighted by molar-refractivity contribution is -0.164. The highest BCUT2D eigenvalue weighted by Crippen LogP contribution is 2.34. The average Bonchev–Trinajstić information content (AvgIpc) is 2.79. The third-order valence-corrected chi connectivity index (χ3v) is 2.85. The predicted octanol–water partition coefficient (Wildman–Crippen LogP) is 2.11. The number of hydrazone groups is 1. The third-order valence-electron chi connectivity index (χ3n) is 2.85. The van der Waals surface area contributed by atoms with Crippen LogP contribution in [-0.4, -0.2) is 40.3 Å². The van der Waals surface area contributed by atoms with Gasteiger partial charge in [-0.25, -0.2) is 17.6 Å². The fourth-order valence-corrected chi connectivity index (χ4v) is 1.81. The summed E-state index contributed by atoms with van der Waals surface area (Å²) in [5, 5.41) is 13.0. The molecule has 1 aromatic rings. The van der Waals surface area contributed by atoms with Gasteiger partial charge in [0.2, 0.25) is 5.72 Å². The van der Waals surface area contributed by atoms with Crippen LogP contribution in [0.5, 0.6) is 0 Å². The maximum atomic E-state index is 12.9. The number of benzene rings is 1. The molecule has 1 aromatic carbocycles. The number of amides is 1. The molecule has 0 aliphatic carbocycles. The second kappa shape index (κ2) is 5.20. The molecule has 0 radical (unpaired) electrons. The first kappa shape index (κ1) is 14.4. The van der Waals surface area contributed by atoms with Crippen LogP contribution in [0, 0.1) is 0 Å². The zero-order chi connectivity index (χ0) is 14.9. The molecule has 2 rings (SSSR count). The molecule has 1 heterocycles. The molecule has 1 N–H and O–H groups in total. The molecule has 1 atom stereocenters. The van der Waals surface area contributed by atoms with Crippen molar-refractivity contribution in [3.63, 3.8) is 0 Å². The number of hydrogen-bond donors (Lipinski definition) is 1. The topological polar surface area (TPSA) is 52.9 Å². The van der Waals surface area contributed by atoms with Crippen molar-refractivity contribution in [2.24, 2.45) is 5.10 Å². The number of nitrogens with zero attached hydrogens (tertiary/aromatic N) is 2. The molecule has 0 saturated carbocycles. The van der Waals surface area contributed by atoms with E-state index in [2.05, 4.69) is 5.10 Å². The molecule has 0 spiro atoms. The van der Waals surface area contributed by atoms with E-state index in [9.17, 15) is 27.5 Å². The minimum Gasteiger partial charge on any atom is -0.364 e. The number of halogens is 4. The Morgan fingerprint density at radius 2 is 1.85 bits per heavy atom. The molecule has 1 amide bonds. The van der Waals surface area contributed by atoms with Gasteiger partial charge in [-0.15, -0.1) is 0 Å². The molecule has 0 bridgehead atoms. The first-order chi connectivity index (χ1) is 9.36. The molecule has 0 aromatic heterocycles. The summed E-state index contributed by atoms with van der Waals surface area (Å²) >= 11 is 0. The van der Waals surface area contributed by atoms with Gasteiger partial charge in [-0.3, -0.25) is 4.79 Å². The zero-order valence-corrected chi connectivity index (χ0v) is 10.0. The highest BCUT2D eigenvalue weighted by atomic mass is 19.3. The molecule has 0 saturated heterocycles. The van der Waals surface area contributed by atoms with E-state index in [0.717, 1.165) is 0 Å². The highest BCUT2D eigenvalue weighted by Gasteiger charge is 2.53. The Bertz CT molecular complexity index is 536. The molecule has 0 unspecified atom stereocenters. The molecule has 8 heteroatoms. The number of hydrogen-bond acceptors (Lipinski definition) is 3. The van der Waals surface area contributed by atoms with Gasteiger partial charge in [-0.05, 0) is 12.1 Å². The highest BCUT2D eigenvalue weighted by molar-refractivity contribution is 5.99. The number of aliphatic hydroxyl groups is 1. The van der Waals surface area contributed by atoms with Crippen molar-refractivity contribution in [3.8, 4) is 0 Å². The Balaban J connectivity index is 2.38. The molecule has 1 aliphatic rings. The standard InChI is InChI=1S/C12H10F4N2O2/c13-9(14)8-6-12(20,11(15)16)18(17-8)10(19)7-4-2-1-3-5-7/h1-5,9,11,20H,6H2/t12-/m1/s1. The van der Waals surface area contributed by atoms with Gasteiger partial charge in [-0.2, -0.15) is 10.1 Å². The molecular formula is C12H10F4N2O2. The Kier molecular flexibility index (Phi) is 3.76. The van der Waals surface area contributed by atoms with Crippen LogP contribution >= 0.6 is 0 Å². The maximum absolute atomic E-state index is 12.9. The largest absolute Gasteiger partial charge is 0.364 e. The van der Waals surface area contributed by atoms with Crippen LogP contribution in [0.2, 0.25) is 0 Å². The van der Waals surface area contributed by atoms with E-state index in [-0.39, 0.29) is 10.6 Å². The van der Waals surface area contributed by atoms with Crippen LogP contribution in [0.4, 0.5) is 17.6 Å². The van der Waals surface area contributed by atoms with Crippen molar-refractivity contribution in [3.05, 3.63) is 35.9 Å². The summed E-state index contributed by atoms with van der Waals surface area (Å²) in [6, 6.07) is 7.16. The number of alkyl halides is 4. The summed E-state index contributed by atoms with van der Waals surface area (Å²) in [6.45, 7) is 0.